The van der Waals surface area contributed by atoms with E-state index in [1.807, 2.05) is 24.3 Å². The molecule has 0 unspecified atom stereocenters. The molecule has 4 nitrogen and oxygen atoms in total. The first-order chi connectivity index (χ1) is 11.8. The molecule has 8 heteroatoms. The van der Waals surface area contributed by atoms with Crippen molar-refractivity contribution in [3.8, 4) is 5.69 Å². The molecule has 0 saturated carbocycles. The maximum absolute atomic E-state index is 12.6. The Hall–Kier alpha value is -2.35. The molecule has 0 spiro atoms. The largest absolute Gasteiger partial charge is 0.416 e. The van der Waals surface area contributed by atoms with E-state index in [-0.39, 0.29) is 5.69 Å². The molecule has 0 aliphatic carbocycles. The van der Waals surface area contributed by atoms with Crippen molar-refractivity contribution in [1.82, 2.24) is 14.3 Å². The van der Waals surface area contributed by atoms with Crippen LogP contribution in [0, 0.1) is 0 Å². The third kappa shape index (κ3) is 3.68. The van der Waals surface area contributed by atoms with Crippen LogP contribution in [0.1, 0.15) is 17.0 Å². The van der Waals surface area contributed by atoms with Gasteiger partial charge >= 0.3 is 11.9 Å². The minimum atomic E-state index is -4.42. The van der Waals surface area contributed by atoms with E-state index in [9.17, 15) is 18.0 Å². The number of hydrogen-bond donors (Lipinski definition) is 0. The Balaban J connectivity index is 1.93. The van der Waals surface area contributed by atoms with Crippen LogP contribution in [0.3, 0.4) is 0 Å². The minimum absolute atomic E-state index is 0.288. The lowest BCUT2D eigenvalue weighted by Crippen LogP contribution is -2.22. The molecule has 0 atom stereocenters. The van der Waals surface area contributed by atoms with Gasteiger partial charge in [0.05, 0.1) is 11.3 Å². The third-order valence-electron chi connectivity index (χ3n) is 3.79. The Morgan fingerprint density at radius 1 is 1.04 bits per heavy atom. The fourth-order valence-corrected chi connectivity index (χ4v) is 2.64. The fraction of sp³-hybridized carbons (Fsp3) is 0.176. The van der Waals surface area contributed by atoms with Gasteiger partial charge in [-0.2, -0.15) is 17.9 Å². The maximum atomic E-state index is 12.6. The van der Waals surface area contributed by atoms with Gasteiger partial charge in [0, 0.05) is 17.9 Å². The van der Waals surface area contributed by atoms with Crippen LogP contribution in [0.5, 0.6) is 0 Å². The number of rotatable bonds is 3. The summed E-state index contributed by atoms with van der Waals surface area (Å²) in [5.41, 5.74) is 0.0775. The topological polar surface area (TPSA) is 39.8 Å². The highest BCUT2D eigenvalue weighted by Gasteiger charge is 2.30. The van der Waals surface area contributed by atoms with Gasteiger partial charge in [-0.3, -0.25) is 4.57 Å². The second-order valence-electron chi connectivity index (χ2n) is 5.52. The normalized spacial score (nSPS) is 11.7. The molecule has 0 N–H and O–H groups in total. The number of nitrogens with zero attached hydrogens (tertiary/aromatic N) is 3. The number of benzene rings is 2. The zero-order chi connectivity index (χ0) is 18.2. The molecular formula is C17H13BrF3N3O. The van der Waals surface area contributed by atoms with Crippen LogP contribution < -0.4 is 5.69 Å². The molecule has 0 fully saturated rings. The number of aromatic nitrogens is 3. The Morgan fingerprint density at radius 3 is 2.20 bits per heavy atom. The zero-order valence-corrected chi connectivity index (χ0v) is 14.7. The average molecular weight is 412 g/mol. The third-order valence-corrected chi connectivity index (χ3v) is 4.31. The lowest BCUT2D eigenvalue weighted by molar-refractivity contribution is -0.137. The highest BCUT2D eigenvalue weighted by molar-refractivity contribution is 9.10. The zero-order valence-electron chi connectivity index (χ0n) is 13.1. The molecule has 1 aromatic heterocycles. The fourth-order valence-electron chi connectivity index (χ4n) is 2.38. The van der Waals surface area contributed by atoms with Gasteiger partial charge in [0.2, 0.25) is 0 Å². The van der Waals surface area contributed by atoms with Crippen molar-refractivity contribution < 1.29 is 13.2 Å². The quantitative estimate of drug-likeness (QED) is 0.654. The van der Waals surface area contributed by atoms with E-state index < -0.39 is 17.4 Å². The van der Waals surface area contributed by atoms with E-state index in [2.05, 4.69) is 21.0 Å². The van der Waals surface area contributed by atoms with Crippen molar-refractivity contribution in [2.24, 2.45) is 7.05 Å². The highest BCUT2D eigenvalue weighted by Crippen LogP contribution is 2.29. The molecule has 0 bridgehead atoms. The van der Waals surface area contributed by atoms with Gasteiger partial charge in [0.15, 0.2) is 0 Å². The van der Waals surface area contributed by atoms with Crippen LogP contribution in [0.25, 0.3) is 5.69 Å². The van der Waals surface area contributed by atoms with E-state index >= 15 is 0 Å². The van der Waals surface area contributed by atoms with Gasteiger partial charge in [-0.05, 0) is 42.0 Å². The Labute approximate surface area is 149 Å². The molecule has 1 heterocycles. The molecule has 0 radical (unpaired) electrons. The van der Waals surface area contributed by atoms with Crippen LogP contribution in [-0.2, 0) is 19.6 Å². The van der Waals surface area contributed by atoms with Crippen molar-refractivity contribution in [2.45, 2.75) is 12.6 Å². The predicted molar refractivity (Wildman–Crippen MR) is 90.8 cm³/mol. The van der Waals surface area contributed by atoms with Gasteiger partial charge < -0.3 is 0 Å². The van der Waals surface area contributed by atoms with Crippen LogP contribution in [0.2, 0.25) is 0 Å². The molecule has 0 aliphatic rings. The molecule has 25 heavy (non-hydrogen) atoms. The Bertz CT molecular complexity index is 941. The summed E-state index contributed by atoms with van der Waals surface area (Å²) in [4.78, 5) is 12.3. The van der Waals surface area contributed by atoms with Crippen LogP contribution in [0.15, 0.2) is 57.8 Å². The lowest BCUT2D eigenvalue weighted by Gasteiger charge is -2.06. The van der Waals surface area contributed by atoms with E-state index in [1.165, 1.54) is 16.7 Å². The van der Waals surface area contributed by atoms with Crippen molar-refractivity contribution >= 4 is 15.9 Å². The van der Waals surface area contributed by atoms with Gasteiger partial charge in [-0.15, -0.1) is 5.10 Å². The molecule has 3 rings (SSSR count). The predicted octanol–water partition coefficient (Wildman–Crippen LogP) is 3.94. The first-order valence-electron chi connectivity index (χ1n) is 7.33. The molecule has 0 aliphatic heterocycles. The Morgan fingerprint density at radius 2 is 1.64 bits per heavy atom. The van der Waals surface area contributed by atoms with E-state index in [1.54, 1.807) is 7.05 Å². The summed E-state index contributed by atoms with van der Waals surface area (Å²) in [6.45, 7) is 0. The average Bonchev–Trinajstić information content (AvgIpc) is 2.85. The first-order valence-corrected chi connectivity index (χ1v) is 8.12. The van der Waals surface area contributed by atoms with Crippen molar-refractivity contribution in [2.75, 3.05) is 0 Å². The summed E-state index contributed by atoms with van der Waals surface area (Å²) in [5.74, 6) is 0.521. The monoisotopic (exact) mass is 411 g/mol. The second kappa shape index (κ2) is 6.51. The molecule has 0 amide bonds. The molecular weight excluding hydrogens is 399 g/mol. The lowest BCUT2D eigenvalue weighted by atomic mass is 10.1. The van der Waals surface area contributed by atoms with Crippen molar-refractivity contribution in [3.63, 3.8) is 0 Å². The smallest absolute Gasteiger partial charge is 0.281 e. The summed E-state index contributed by atoms with van der Waals surface area (Å²) in [6, 6.07) is 11.9. The summed E-state index contributed by atoms with van der Waals surface area (Å²) in [6.07, 6.45) is -3.98. The summed E-state index contributed by atoms with van der Waals surface area (Å²) < 4.78 is 41.4. The summed E-state index contributed by atoms with van der Waals surface area (Å²) >= 11 is 3.36. The summed E-state index contributed by atoms with van der Waals surface area (Å²) in [7, 11) is 1.59. The number of halogens is 4. The standard InChI is InChI=1S/C17H13BrF3N3O/c1-23-15(10-11-2-6-13(18)7-3-11)22-24(16(23)25)14-8-4-12(5-9-14)17(19,20)21/h2-9H,10H2,1H3. The second-order valence-corrected chi connectivity index (χ2v) is 6.43. The maximum Gasteiger partial charge on any atom is 0.416 e. The van der Waals surface area contributed by atoms with Gasteiger partial charge in [0.25, 0.3) is 0 Å². The van der Waals surface area contributed by atoms with Crippen LogP contribution in [0.4, 0.5) is 13.2 Å². The van der Waals surface area contributed by atoms with E-state index in [0.717, 1.165) is 26.9 Å². The number of hydrogen-bond acceptors (Lipinski definition) is 2. The SMILES string of the molecule is Cn1c(Cc2ccc(Br)cc2)nn(-c2ccc(C(F)(F)F)cc2)c1=O. The van der Waals surface area contributed by atoms with Crippen LogP contribution in [-0.4, -0.2) is 14.3 Å². The van der Waals surface area contributed by atoms with Gasteiger partial charge in [-0.25, -0.2) is 4.79 Å². The highest BCUT2D eigenvalue weighted by atomic mass is 79.9. The van der Waals surface area contributed by atoms with E-state index in [4.69, 9.17) is 0 Å². The van der Waals surface area contributed by atoms with Crippen molar-refractivity contribution in [3.05, 3.63) is 80.4 Å². The van der Waals surface area contributed by atoms with Crippen molar-refractivity contribution in [1.29, 1.82) is 0 Å². The molecule has 2 aromatic carbocycles. The number of alkyl halides is 3. The summed E-state index contributed by atoms with van der Waals surface area (Å²) in [5, 5.41) is 4.26. The molecule has 0 saturated heterocycles. The first kappa shape index (κ1) is 17.5. The Kier molecular flexibility index (Phi) is 4.55. The van der Waals surface area contributed by atoms with Gasteiger partial charge in [0.1, 0.15) is 5.82 Å². The van der Waals surface area contributed by atoms with E-state index in [0.29, 0.717) is 12.2 Å². The van der Waals surface area contributed by atoms with Crippen LogP contribution >= 0.6 is 15.9 Å². The molecule has 3 aromatic rings. The van der Waals surface area contributed by atoms with Gasteiger partial charge in [-0.1, -0.05) is 28.1 Å². The minimum Gasteiger partial charge on any atom is -0.281 e. The molecule has 130 valence electrons.